The number of ether oxygens (including phenoxy) is 2. The standard InChI is InChI=1S/C11H11BrN6O2.2ClH/c1-6-15-17-11(18(6)13)16-14-4-7-2-8(12)3-9-10(7)20-5-19-9;;/h2-4H,5,13H2,1H3,(H,16,17);2*1H. The highest BCUT2D eigenvalue weighted by molar-refractivity contribution is 9.10. The molecule has 11 heteroatoms. The van der Waals surface area contributed by atoms with Gasteiger partial charge in [0.2, 0.25) is 6.79 Å². The second kappa shape index (κ2) is 7.52. The number of anilines is 1. The van der Waals surface area contributed by atoms with Crippen LogP contribution in [0.2, 0.25) is 0 Å². The van der Waals surface area contributed by atoms with Gasteiger partial charge in [-0.1, -0.05) is 15.9 Å². The number of nitrogen functional groups attached to an aromatic ring is 1. The largest absolute Gasteiger partial charge is 0.454 e. The molecule has 2 heterocycles. The number of halogens is 3. The third kappa shape index (κ3) is 3.54. The predicted octanol–water partition coefficient (Wildman–Crippen LogP) is 2.08. The smallest absolute Gasteiger partial charge is 0.263 e. The van der Waals surface area contributed by atoms with Crippen LogP contribution >= 0.6 is 40.7 Å². The van der Waals surface area contributed by atoms with Crippen molar-refractivity contribution in [3.05, 3.63) is 28.0 Å². The van der Waals surface area contributed by atoms with E-state index in [2.05, 4.69) is 36.7 Å². The molecule has 3 rings (SSSR count). The third-order valence-corrected chi connectivity index (χ3v) is 3.16. The molecule has 22 heavy (non-hydrogen) atoms. The molecule has 0 unspecified atom stereocenters. The maximum absolute atomic E-state index is 5.70. The lowest BCUT2D eigenvalue weighted by Gasteiger charge is -2.02. The molecule has 1 aliphatic rings. The maximum atomic E-state index is 5.70. The summed E-state index contributed by atoms with van der Waals surface area (Å²) in [5, 5.41) is 11.7. The van der Waals surface area contributed by atoms with Crippen molar-refractivity contribution in [3.8, 4) is 11.5 Å². The van der Waals surface area contributed by atoms with Crippen LogP contribution in [-0.2, 0) is 0 Å². The van der Waals surface area contributed by atoms with Gasteiger partial charge >= 0.3 is 0 Å². The SMILES string of the molecule is Cc1nnc(NN=Cc2cc(Br)cc3c2OCO3)n1N.Cl.Cl. The maximum Gasteiger partial charge on any atom is 0.263 e. The van der Waals surface area contributed by atoms with Crippen LogP contribution in [0.5, 0.6) is 11.5 Å². The molecule has 0 atom stereocenters. The van der Waals surface area contributed by atoms with E-state index in [1.54, 1.807) is 13.1 Å². The van der Waals surface area contributed by atoms with E-state index >= 15 is 0 Å². The Morgan fingerprint density at radius 1 is 1.36 bits per heavy atom. The van der Waals surface area contributed by atoms with Gasteiger partial charge in [0.25, 0.3) is 5.95 Å². The molecule has 2 aromatic rings. The normalized spacial score (nSPS) is 11.9. The summed E-state index contributed by atoms with van der Waals surface area (Å²) < 4.78 is 12.9. The fourth-order valence-corrected chi connectivity index (χ4v) is 2.16. The average Bonchev–Trinajstić information content (AvgIpc) is 3.00. The fraction of sp³-hybridized carbons (Fsp3) is 0.182. The first-order chi connectivity index (χ1) is 9.65. The molecule has 0 saturated carbocycles. The van der Waals surface area contributed by atoms with Gasteiger partial charge in [-0.25, -0.2) is 10.1 Å². The minimum atomic E-state index is 0. The Bertz CT molecular complexity index is 693. The highest BCUT2D eigenvalue weighted by Gasteiger charge is 2.17. The monoisotopic (exact) mass is 410 g/mol. The van der Waals surface area contributed by atoms with E-state index < -0.39 is 0 Å². The Balaban J connectivity index is 0.00000121. The van der Waals surface area contributed by atoms with Crippen LogP contribution in [0, 0.1) is 6.92 Å². The Morgan fingerprint density at radius 2 is 2.14 bits per heavy atom. The number of hydrazone groups is 1. The number of aromatic nitrogens is 3. The van der Waals surface area contributed by atoms with Gasteiger partial charge in [-0.3, -0.25) is 0 Å². The molecule has 0 saturated heterocycles. The molecule has 8 nitrogen and oxygen atoms in total. The highest BCUT2D eigenvalue weighted by atomic mass is 79.9. The molecule has 3 N–H and O–H groups in total. The van der Waals surface area contributed by atoms with Crippen LogP contribution in [-0.4, -0.2) is 27.9 Å². The molecular formula is C11H13BrCl2N6O2. The van der Waals surface area contributed by atoms with Gasteiger partial charge in [-0.2, -0.15) is 5.10 Å². The topological polar surface area (TPSA) is 99.6 Å². The second-order valence-corrected chi connectivity index (χ2v) is 4.96. The minimum Gasteiger partial charge on any atom is -0.454 e. The van der Waals surface area contributed by atoms with Crippen LogP contribution in [0.4, 0.5) is 5.95 Å². The highest BCUT2D eigenvalue weighted by Crippen LogP contribution is 2.37. The number of hydrogen-bond donors (Lipinski definition) is 2. The van der Waals surface area contributed by atoms with Gasteiger partial charge in [0, 0.05) is 10.0 Å². The summed E-state index contributed by atoms with van der Waals surface area (Å²) in [4.78, 5) is 0. The molecule has 120 valence electrons. The lowest BCUT2D eigenvalue weighted by atomic mass is 10.2. The minimum absolute atomic E-state index is 0. The summed E-state index contributed by atoms with van der Waals surface area (Å²) >= 11 is 3.40. The lowest BCUT2D eigenvalue weighted by Crippen LogP contribution is -2.13. The molecular weight excluding hydrogens is 399 g/mol. The number of benzene rings is 1. The molecule has 0 bridgehead atoms. The number of nitrogens with one attached hydrogen (secondary N) is 1. The number of nitrogens with zero attached hydrogens (tertiary/aromatic N) is 4. The van der Waals surface area contributed by atoms with Crippen LogP contribution < -0.4 is 20.7 Å². The first-order valence-electron chi connectivity index (χ1n) is 5.70. The molecule has 0 spiro atoms. The van der Waals surface area contributed by atoms with Crippen LogP contribution in [0.15, 0.2) is 21.7 Å². The number of fused-ring (bicyclic) bond motifs is 1. The van der Waals surface area contributed by atoms with E-state index in [1.165, 1.54) is 4.68 Å². The summed E-state index contributed by atoms with van der Waals surface area (Å²) in [5.41, 5.74) is 3.49. The van der Waals surface area contributed by atoms with E-state index in [4.69, 9.17) is 15.3 Å². The van der Waals surface area contributed by atoms with Gasteiger partial charge in [-0.05, 0) is 19.1 Å². The van der Waals surface area contributed by atoms with E-state index in [0.717, 1.165) is 10.0 Å². The van der Waals surface area contributed by atoms with Crippen molar-refractivity contribution in [2.45, 2.75) is 6.92 Å². The van der Waals surface area contributed by atoms with E-state index in [1.807, 2.05) is 12.1 Å². The number of aryl methyl sites for hydroxylation is 1. The van der Waals surface area contributed by atoms with Crippen molar-refractivity contribution in [2.24, 2.45) is 5.10 Å². The van der Waals surface area contributed by atoms with Crippen molar-refractivity contribution in [1.29, 1.82) is 0 Å². The summed E-state index contributed by atoms with van der Waals surface area (Å²) in [6.45, 7) is 1.95. The van der Waals surface area contributed by atoms with Crippen LogP contribution in [0.25, 0.3) is 0 Å². The quantitative estimate of drug-likeness (QED) is 0.455. The Labute approximate surface area is 147 Å². The zero-order valence-corrected chi connectivity index (χ0v) is 14.5. The van der Waals surface area contributed by atoms with Crippen molar-refractivity contribution in [2.75, 3.05) is 18.1 Å². The molecule has 1 aromatic heterocycles. The van der Waals surface area contributed by atoms with E-state index in [-0.39, 0.29) is 31.6 Å². The van der Waals surface area contributed by atoms with Crippen LogP contribution in [0.3, 0.4) is 0 Å². The molecule has 1 aromatic carbocycles. The first kappa shape index (κ1) is 18.3. The Hall–Kier alpha value is -1.71. The zero-order valence-electron chi connectivity index (χ0n) is 11.3. The number of rotatable bonds is 3. The summed E-state index contributed by atoms with van der Waals surface area (Å²) in [5.74, 6) is 7.97. The number of hydrogen-bond acceptors (Lipinski definition) is 7. The predicted molar refractivity (Wildman–Crippen MR) is 90.9 cm³/mol. The Morgan fingerprint density at radius 3 is 2.82 bits per heavy atom. The van der Waals surface area contributed by atoms with Gasteiger partial charge in [0.1, 0.15) is 0 Å². The van der Waals surface area contributed by atoms with Gasteiger partial charge in [-0.15, -0.1) is 35.0 Å². The molecule has 1 aliphatic heterocycles. The number of nitrogens with two attached hydrogens (primary N) is 1. The first-order valence-corrected chi connectivity index (χ1v) is 6.50. The summed E-state index contributed by atoms with van der Waals surface area (Å²) in [6, 6.07) is 3.71. The van der Waals surface area contributed by atoms with Crippen molar-refractivity contribution >= 4 is 52.9 Å². The van der Waals surface area contributed by atoms with Crippen molar-refractivity contribution < 1.29 is 9.47 Å². The molecule has 0 aliphatic carbocycles. The van der Waals surface area contributed by atoms with Crippen LogP contribution in [0.1, 0.15) is 11.4 Å². The van der Waals surface area contributed by atoms with Crippen molar-refractivity contribution in [3.63, 3.8) is 0 Å². The molecule has 0 amide bonds. The van der Waals surface area contributed by atoms with E-state index in [0.29, 0.717) is 23.3 Å². The lowest BCUT2D eigenvalue weighted by molar-refractivity contribution is 0.174. The summed E-state index contributed by atoms with van der Waals surface area (Å²) in [7, 11) is 0. The molecule has 0 fully saturated rings. The van der Waals surface area contributed by atoms with Gasteiger partial charge < -0.3 is 15.3 Å². The second-order valence-electron chi connectivity index (χ2n) is 4.04. The fourth-order valence-electron chi connectivity index (χ4n) is 1.70. The average molecular weight is 412 g/mol. The van der Waals surface area contributed by atoms with Crippen molar-refractivity contribution in [1.82, 2.24) is 14.9 Å². The van der Waals surface area contributed by atoms with E-state index in [9.17, 15) is 0 Å². The summed E-state index contributed by atoms with van der Waals surface area (Å²) in [6.07, 6.45) is 1.60. The molecule has 0 radical (unpaired) electrons. The Kier molecular flexibility index (Phi) is 6.27. The van der Waals surface area contributed by atoms with Gasteiger partial charge in [0.05, 0.1) is 6.21 Å². The zero-order chi connectivity index (χ0) is 14.1. The van der Waals surface area contributed by atoms with Gasteiger partial charge in [0.15, 0.2) is 17.3 Å². The third-order valence-electron chi connectivity index (χ3n) is 2.70.